The van der Waals surface area contributed by atoms with E-state index in [1.54, 1.807) is 0 Å². The average Bonchev–Trinajstić information content (AvgIpc) is 2.18. The fraction of sp³-hybridized carbons (Fsp3) is 0.667. The van der Waals surface area contributed by atoms with Crippen molar-refractivity contribution in [1.29, 1.82) is 0 Å². The summed E-state index contributed by atoms with van der Waals surface area (Å²) in [5.41, 5.74) is 19.0. The van der Waals surface area contributed by atoms with Crippen LogP contribution in [0.2, 0.25) is 0 Å². The maximum Gasteiger partial charge on any atom is 0.337 e. The van der Waals surface area contributed by atoms with E-state index in [0.29, 0.717) is 13.1 Å². The van der Waals surface area contributed by atoms with Crippen LogP contribution in [0.25, 0.3) is 0 Å². The molecule has 1 fully saturated rings. The second-order valence-corrected chi connectivity index (χ2v) is 3.72. The van der Waals surface area contributed by atoms with E-state index in [1.165, 1.54) is 4.90 Å². The summed E-state index contributed by atoms with van der Waals surface area (Å²) >= 11 is 5.89. The lowest BCUT2D eigenvalue weighted by Crippen LogP contribution is -2.76. The van der Waals surface area contributed by atoms with E-state index in [0.717, 1.165) is 0 Å². The third-order valence-electron chi connectivity index (χ3n) is 2.01. The molecule has 1 rings (SSSR count). The van der Waals surface area contributed by atoms with E-state index in [1.807, 2.05) is 5.43 Å². The van der Waals surface area contributed by atoms with E-state index < -0.39 is 23.4 Å². The molecule has 0 spiro atoms. The molecule has 1 saturated heterocycles. The van der Waals surface area contributed by atoms with E-state index in [-0.39, 0.29) is 0 Å². The first-order valence-electron chi connectivity index (χ1n) is 4.43. The van der Waals surface area contributed by atoms with Gasteiger partial charge in [0.1, 0.15) is 0 Å². The molecule has 1 unspecified atom stereocenters. The van der Waals surface area contributed by atoms with E-state index in [9.17, 15) is 9.59 Å². The summed E-state index contributed by atoms with van der Waals surface area (Å²) < 4.78 is 0. The molecule has 0 radical (unpaired) electrons. The van der Waals surface area contributed by atoms with Gasteiger partial charge in [0, 0.05) is 13.1 Å². The first-order valence-corrected chi connectivity index (χ1v) is 4.87. The SMILES string of the molecule is NC(=O)NNC(=O)N1CCNC(N)(N)C1Cl. The first-order chi connectivity index (χ1) is 7.34. The number of nitrogens with two attached hydrogens (primary N) is 3. The number of amides is 4. The quantitative estimate of drug-likeness (QED) is 0.120. The summed E-state index contributed by atoms with van der Waals surface area (Å²) in [6.45, 7) is 0.691. The molecule has 10 heteroatoms. The molecule has 9 N–H and O–H groups in total. The van der Waals surface area contributed by atoms with Gasteiger partial charge in [-0.05, 0) is 0 Å². The number of hydrazine groups is 1. The summed E-state index contributed by atoms with van der Waals surface area (Å²) in [4.78, 5) is 23.1. The largest absolute Gasteiger partial charge is 0.350 e. The molecule has 0 saturated carbocycles. The van der Waals surface area contributed by atoms with Gasteiger partial charge in [-0.1, -0.05) is 11.6 Å². The molecule has 1 atom stereocenters. The third kappa shape index (κ3) is 2.85. The van der Waals surface area contributed by atoms with Crippen molar-refractivity contribution in [2.45, 2.75) is 11.3 Å². The monoisotopic (exact) mass is 251 g/mol. The van der Waals surface area contributed by atoms with Crippen molar-refractivity contribution >= 4 is 23.7 Å². The van der Waals surface area contributed by atoms with Gasteiger partial charge in [-0.3, -0.25) is 16.8 Å². The number of nitrogens with zero attached hydrogens (tertiary/aromatic N) is 1. The second kappa shape index (κ2) is 4.70. The van der Waals surface area contributed by atoms with Crippen LogP contribution in [-0.2, 0) is 0 Å². The van der Waals surface area contributed by atoms with Crippen molar-refractivity contribution in [2.75, 3.05) is 13.1 Å². The zero-order valence-corrected chi connectivity index (χ0v) is 9.12. The second-order valence-electron chi connectivity index (χ2n) is 3.31. The summed E-state index contributed by atoms with van der Waals surface area (Å²) in [5, 5.41) is 2.75. The minimum absolute atomic E-state index is 0.302. The lowest BCUT2D eigenvalue weighted by atomic mass is 10.2. The third-order valence-corrected chi connectivity index (χ3v) is 2.60. The van der Waals surface area contributed by atoms with Gasteiger partial charge < -0.3 is 10.6 Å². The van der Waals surface area contributed by atoms with Gasteiger partial charge in [-0.2, -0.15) is 0 Å². The number of urea groups is 2. The molecular formula is C6H14ClN7O2. The molecule has 9 nitrogen and oxygen atoms in total. The van der Waals surface area contributed by atoms with Crippen molar-refractivity contribution in [3.8, 4) is 0 Å². The van der Waals surface area contributed by atoms with Crippen LogP contribution >= 0.6 is 11.6 Å². The van der Waals surface area contributed by atoms with Gasteiger partial charge in [0.15, 0.2) is 11.3 Å². The maximum atomic E-state index is 11.5. The topological polar surface area (TPSA) is 152 Å². The molecule has 1 aliphatic heterocycles. The minimum Gasteiger partial charge on any atom is -0.350 e. The number of alkyl halides is 1. The Morgan fingerprint density at radius 2 is 2.06 bits per heavy atom. The number of carbonyl (C=O) groups excluding carboxylic acids is 2. The normalized spacial score (nSPS) is 23.7. The van der Waals surface area contributed by atoms with Crippen LogP contribution in [0.1, 0.15) is 0 Å². The highest BCUT2D eigenvalue weighted by Gasteiger charge is 2.39. The van der Waals surface area contributed by atoms with Crippen LogP contribution in [0.4, 0.5) is 9.59 Å². The van der Waals surface area contributed by atoms with Gasteiger partial charge in [0.25, 0.3) is 0 Å². The number of carbonyl (C=O) groups is 2. The number of hydrogen-bond donors (Lipinski definition) is 6. The highest BCUT2D eigenvalue weighted by atomic mass is 35.5. The predicted octanol–water partition coefficient (Wildman–Crippen LogP) is -2.68. The Hall–Kier alpha value is -1.29. The zero-order valence-electron chi connectivity index (χ0n) is 8.37. The lowest BCUT2D eigenvalue weighted by molar-refractivity contribution is 0.123. The van der Waals surface area contributed by atoms with Crippen molar-refractivity contribution in [3.05, 3.63) is 0 Å². The summed E-state index contributed by atoms with van der Waals surface area (Å²) in [6.07, 6.45) is 0. The van der Waals surface area contributed by atoms with Crippen LogP contribution in [0.15, 0.2) is 0 Å². The van der Waals surface area contributed by atoms with Gasteiger partial charge in [0.05, 0.1) is 0 Å². The molecule has 1 aliphatic rings. The zero-order chi connectivity index (χ0) is 12.3. The van der Waals surface area contributed by atoms with Gasteiger partial charge in [-0.15, -0.1) is 0 Å². The molecule has 92 valence electrons. The Morgan fingerprint density at radius 3 is 2.62 bits per heavy atom. The Morgan fingerprint density at radius 1 is 1.44 bits per heavy atom. The molecule has 4 amide bonds. The molecule has 1 heterocycles. The fourth-order valence-corrected chi connectivity index (χ4v) is 1.50. The standard InChI is InChI=1S/C6H14ClN7O2/c7-3-6(9,10)11-1-2-14(3)5(16)13-12-4(8)15/h3,11H,1-2,9-10H2,(H,13,16)(H3,8,12,15). The molecule has 16 heavy (non-hydrogen) atoms. The molecule has 0 bridgehead atoms. The first kappa shape index (κ1) is 12.8. The molecule has 0 aliphatic carbocycles. The summed E-state index contributed by atoms with van der Waals surface area (Å²) in [6, 6.07) is -1.53. The van der Waals surface area contributed by atoms with Crippen LogP contribution in [0.5, 0.6) is 0 Å². The molecule has 0 aromatic carbocycles. The Kier molecular flexibility index (Phi) is 3.75. The predicted molar refractivity (Wildman–Crippen MR) is 56.7 cm³/mol. The van der Waals surface area contributed by atoms with Crippen LogP contribution in [-0.4, -0.2) is 41.3 Å². The maximum absolute atomic E-state index is 11.5. The Labute approximate surface area is 96.6 Å². The number of halogens is 1. The highest BCUT2D eigenvalue weighted by Crippen LogP contribution is 2.15. The molecule has 0 aromatic rings. The van der Waals surface area contributed by atoms with E-state index in [2.05, 4.69) is 10.7 Å². The van der Waals surface area contributed by atoms with Gasteiger partial charge in [0.2, 0.25) is 0 Å². The van der Waals surface area contributed by atoms with Crippen LogP contribution in [0.3, 0.4) is 0 Å². The lowest BCUT2D eigenvalue weighted by Gasteiger charge is -2.42. The number of hydrogen-bond acceptors (Lipinski definition) is 5. The number of piperazine rings is 1. The Bertz CT molecular complexity index is 297. The van der Waals surface area contributed by atoms with Crippen molar-refractivity contribution in [1.82, 2.24) is 21.1 Å². The molecule has 0 aromatic heterocycles. The van der Waals surface area contributed by atoms with Gasteiger partial charge in [-0.25, -0.2) is 20.4 Å². The van der Waals surface area contributed by atoms with E-state index in [4.69, 9.17) is 28.8 Å². The minimum atomic E-state index is -1.39. The average molecular weight is 252 g/mol. The number of primary amides is 1. The number of nitrogens with one attached hydrogen (secondary N) is 3. The van der Waals surface area contributed by atoms with Crippen LogP contribution < -0.4 is 33.4 Å². The van der Waals surface area contributed by atoms with E-state index >= 15 is 0 Å². The van der Waals surface area contributed by atoms with Crippen molar-refractivity contribution in [2.24, 2.45) is 17.2 Å². The Balaban J connectivity index is 2.58. The fourth-order valence-electron chi connectivity index (χ4n) is 1.24. The summed E-state index contributed by atoms with van der Waals surface area (Å²) in [5.74, 6) is -1.39. The van der Waals surface area contributed by atoms with Crippen LogP contribution in [0, 0.1) is 0 Å². The highest BCUT2D eigenvalue weighted by molar-refractivity contribution is 6.22. The van der Waals surface area contributed by atoms with Crippen molar-refractivity contribution in [3.63, 3.8) is 0 Å². The van der Waals surface area contributed by atoms with Gasteiger partial charge >= 0.3 is 12.1 Å². The smallest absolute Gasteiger partial charge is 0.337 e. The molecular weight excluding hydrogens is 238 g/mol. The van der Waals surface area contributed by atoms with Crippen molar-refractivity contribution < 1.29 is 9.59 Å². The number of rotatable bonds is 0. The summed E-state index contributed by atoms with van der Waals surface area (Å²) in [7, 11) is 0.